The number of benzene rings is 2. The van der Waals surface area contributed by atoms with E-state index in [1.807, 2.05) is 16.7 Å². The molecule has 3 aromatic rings. The number of carbonyl (C=O) groups excluding carboxylic acids is 1. The van der Waals surface area contributed by atoms with Crippen LogP contribution < -0.4 is 5.32 Å². The van der Waals surface area contributed by atoms with Crippen molar-refractivity contribution in [1.29, 1.82) is 5.26 Å². The van der Waals surface area contributed by atoms with Crippen LogP contribution in [0.25, 0.3) is 11.0 Å². The number of anilines is 1. The van der Waals surface area contributed by atoms with Gasteiger partial charge in [-0.2, -0.15) is 5.26 Å². The van der Waals surface area contributed by atoms with Crippen LogP contribution in [0.2, 0.25) is 5.02 Å². The van der Waals surface area contributed by atoms with Gasteiger partial charge in [-0.15, -0.1) is 0 Å². The van der Waals surface area contributed by atoms with Crippen LogP contribution in [0.1, 0.15) is 5.56 Å². The Bertz CT molecular complexity index is 1010. The van der Waals surface area contributed by atoms with Crippen LogP contribution in [0.5, 0.6) is 0 Å². The topological polar surface area (TPSA) is 79.9 Å². The average Bonchev–Trinajstić information content (AvgIpc) is 3.01. The molecular formula is C19H17ClN4O2S. The molecule has 0 aliphatic heterocycles. The van der Waals surface area contributed by atoms with Crippen molar-refractivity contribution >= 4 is 46.0 Å². The van der Waals surface area contributed by atoms with E-state index in [0.717, 1.165) is 16.2 Å². The van der Waals surface area contributed by atoms with Crippen LogP contribution >= 0.6 is 23.4 Å². The van der Waals surface area contributed by atoms with Gasteiger partial charge in [0, 0.05) is 24.4 Å². The van der Waals surface area contributed by atoms with Gasteiger partial charge in [-0.3, -0.25) is 4.79 Å². The summed E-state index contributed by atoms with van der Waals surface area (Å²) in [6.07, 6.45) is 0. The number of nitriles is 1. The van der Waals surface area contributed by atoms with Gasteiger partial charge in [0.25, 0.3) is 0 Å². The van der Waals surface area contributed by atoms with Crippen molar-refractivity contribution in [3.63, 3.8) is 0 Å². The lowest BCUT2D eigenvalue weighted by Crippen LogP contribution is -2.15. The summed E-state index contributed by atoms with van der Waals surface area (Å²) in [5.74, 6) is 0.0272. The van der Waals surface area contributed by atoms with Gasteiger partial charge in [0.15, 0.2) is 5.16 Å². The number of amides is 1. The zero-order valence-corrected chi connectivity index (χ0v) is 16.2. The molecule has 1 aromatic heterocycles. The second-order valence-electron chi connectivity index (χ2n) is 5.70. The molecule has 0 fully saturated rings. The Labute approximate surface area is 166 Å². The molecule has 8 heteroatoms. The number of aromatic nitrogens is 2. The van der Waals surface area contributed by atoms with Crippen LogP contribution in [0.3, 0.4) is 0 Å². The van der Waals surface area contributed by atoms with Gasteiger partial charge in [-0.25, -0.2) is 4.98 Å². The number of imidazole rings is 1. The third kappa shape index (κ3) is 4.80. The molecule has 138 valence electrons. The first kappa shape index (κ1) is 19.2. The highest BCUT2D eigenvalue weighted by Crippen LogP contribution is 2.26. The first-order valence-electron chi connectivity index (χ1n) is 8.18. The first-order chi connectivity index (χ1) is 13.1. The Hall–Kier alpha value is -2.53. The lowest BCUT2D eigenvalue weighted by Gasteiger charge is -2.09. The van der Waals surface area contributed by atoms with Crippen molar-refractivity contribution in [2.45, 2.75) is 11.7 Å². The van der Waals surface area contributed by atoms with Crippen molar-refractivity contribution in [1.82, 2.24) is 9.55 Å². The maximum absolute atomic E-state index is 12.3. The highest BCUT2D eigenvalue weighted by atomic mass is 35.5. The number of rotatable bonds is 7. The van der Waals surface area contributed by atoms with Crippen LogP contribution in [0, 0.1) is 11.3 Å². The fraction of sp³-hybridized carbons (Fsp3) is 0.211. The van der Waals surface area contributed by atoms with E-state index in [1.165, 1.54) is 11.8 Å². The molecule has 0 spiro atoms. The van der Waals surface area contributed by atoms with E-state index in [2.05, 4.69) is 16.4 Å². The summed E-state index contributed by atoms with van der Waals surface area (Å²) < 4.78 is 7.20. The molecule has 3 rings (SSSR count). The largest absolute Gasteiger partial charge is 0.383 e. The summed E-state index contributed by atoms with van der Waals surface area (Å²) in [5, 5.41) is 13.1. The Morgan fingerprint density at radius 3 is 3.00 bits per heavy atom. The maximum Gasteiger partial charge on any atom is 0.234 e. The van der Waals surface area contributed by atoms with Gasteiger partial charge < -0.3 is 14.6 Å². The number of halogens is 1. The Morgan fingerprint density at radius 2 is 2.22 bits per heavy atom. The summed E-state index contributed by atoms with van der Waals surface area (Å²) >= 11 is 7.40. The van der Waals surface area contributed by atoms with E-state index in [1.54, 1.807) is 37.4 Å². The van der Waals surface area contributed by atoms with Crippen LogP contribution in [0.15, 0.2) is 47.6 Å². The summed E-state index contributed by atoms with van der Waals surface area (Å²) in [4.78, 5) is 16.9. The summed E-state index contributed by atoms with van der Waals surface area (Å²) in [6, 6.07) is 14.4. The minimum Gasteiger partial charge on any atom is -0.383 e. The molecule has 0 atom stereocenters. The number of nitrogens with zero attached hydrogens (tertiary/aromatic N) is 3. The molecule has 0 unspecified atom stereocenters. The molecule has 27 heavy (non-hydrogen) atoms. The highest BCUT2D eigenvalue weighted by molar-refractivity contribution is 7.99. The predicted molar refractivity (Wildman–Crippen MR) is 107 cm³/mol. The number of methoxy groups -OCH3 is 1. The normalized spacial score (nSPS) is 10.7. The monoisotopic (exact) mass is 400 g/mol. The molecule has 1 N–H and O–H groups in total. The Balaban J connectivity index is 1.73. The fourth-order valence-corrected chi connectivity index (χ4v) is 3.59. The van der Waals surface area contributed by atoms with Gasteiger partial charge in [-0.1, -0.05) is 29.4 Å². The zero-order chi connectivity index (χ0) is 19.2. The molecule has 0 aliphatic carbocycles. The third-order valence-corrected chi connectivity index (χ3v) is 5.01. The van der Waals surface area contributed by atoms with E-state index < -0.39 is 0 Å². The number of fused-ring (bicyclic) bond motifs is 1. The summed E-state index contributed by atoms with van der Waals surface area (Å²) in [7, 11) is 1.64. The van der Waals surface area contributed by atoms with E-state index in [-0.39, 0.29) is 11.7 Å². The molecule has 0 radical (unpaired) electrons. The summed E-state index contributed by atoms with van der Waals surface area (Å²) in [5.41, 5.74) is 2.82. The average molecular weight is 401 g/mol. The van der Waals surface area contributed by atoms with Crippen LogP contribution in [0.4, 0.5) is 5.69 Å². The second kappa shape index (κ2) is 8.91. The summed E-state index contributed by atoms with van der Waals surface area (Å²) in [6.45, 7) is 1.16. The number of thioether (sulfide) groups is 1. The van der Waals surface area contributed by atoms with Crippen molar-refractivity contribution < 1.29 is 9.53 Å². The van der Waals surface area contributed by atoms with E-state index in [9.17, 15) is 4.79 Å². The molecule has 0 bridgehead atoms. The lowest BCUT2D eigenvalue weighted by atomic mass is 10.2. The molecule has 2 aromatic carbocycles. The zero-order valence-electron chi connectivity index (χ0n) is 14.6. The molecule has 1 amide bonds. The van der Waals surface area contributed by atoms with Gasteiger partial charge in [0.1, 0.15) is 0 Å². The molecule has 1 heterocycles. The molecule has 0 saturated carbocycles. The Kier molecular flexibility index (Phi) is 6.35. The van der Waals surface area contributed by atoms with Crippen molar-refractivity contribution in [3.8, 4) is 6.07 Å². The van der Waals surface area contributed by atoms with Gasteiger partial charge in [-0.05, 0) is 36.4 Å². The van der Waals surface area contributed by atoms with Gasteiger partial charge >= 0.3 is 0 Å². The number of hydrogen-bond donors (Lipinski definition) is 1. The molecule has 0 aliphatic rings. The SMILES string of the molecule is COCCn1c(SCC(=O)Nc2cccc(C#N)c2)nc2cc(Cl)ccc21. The number of ether oxygens (including phenoxy) is 1. The maximum atomic E-state index is 12.3. The second-order valence-corrected chi connectivity index (χ2v) is 7.08. The molecule has 0 saturated heterocycles. The standard InChI is InChI=1S/C19H17ClN4O2S/c1-26-8-7-24-17-6-5-14(20)10-16(17)23-19(24)27-12-18(25)22-15-4-2-3-13(9-15)11-21/h2-6,9-10H,7-8,12H2,1H3,(H,22,25). The first-order valence-corrected chi connectivity index (χ1v) is 9.54. The van der Waals surface area contributed by atoms with E-state index in [0.29, 0.717) is 29.4 Å². The van der Waals surface area contributed by atoms with E-state index in [4.69, 9.17) is 21.6 Å². The van der Waals surface area contributed by atoms with Crippen molar-refractivity contribution in [3.05, 3.63) is 53.1 Å². The highest BCUT2D eigenvalue weighted by Gasteiger charge is 2.13. The number of carbonyl (C=O) groups is 1. The minimum absolute atomic E-state index is 0.168. The minimum atomic E-state index is -0.168. The fourth-order valence-electron chi connectivity index (χ4n) is 2.58. The third-order valence-electron chi connectivity index (χ3n) is 3.80. The van der Waals surface area contributed by atoms with Crippen LogP contribution in [-0.2, 0) is 16.1 Å². The van der Waals surface area contributed by atoms with Crippen molar-refractivity contribution in [2.75, 3.05) is 24.8 Å². The van der Waals surface area contributed by atoms with Crippen LogP contribution in [-0.4, -0.2) is 34.9 Å². The molecular weight excluding hydrogens is 384 g/mol. The van der Waals surface area contributed by atoms with Crippen molar-refractivity contribution in [2.24, 2.45) is 0 Å². The van der Waals surface area contributed by atoms with Gasteiger partial charge in [0.2, 0.25) is 5.91 Å². The lowest BCUT2D eigenvalue weighted by molar-refractivity contribution is -0.113. The van der Waals surface area contributed by atoms with E-state index >= 15 is 0 Å². The quantitative estimate of drug-likeness (QED) is 0.607. The molecule has 6 nitrogen and oxygen atoms in total. The Morgan fingerprint density at radius 1 is 1.37 bits per heavy atom. The number of nitrogens with one attached hydrogen (secondary N) is 1. The smallest absolute Gasteiger partial charge is 0.234 e. The number of hydrogen-bond acceptors (Lipinski definition) is 5. The predicted octanol–water partition coefficient (Wildman–Crippen LogP) is 3.94. The van der Waals surface area contributed by atoms with Gasteiger partial charge in [0.05, 0.1) is 35.0 Å².